The molecule has 2 heterocycles. The van der Waals surface area contributed by atoms with Crippen LogP contribution in [0.5, 0.6) is 0 Å². The highest BCUT2D eigenvalue weighted by Crippen LogP contribution is 2.44. The van der Waals surface area contributed by atoms with Gasteiger partial charge in [-0.2, -0.15) is 0 Å². The monoisotopic (exact) mass is 534 g/mol. The molecule has 0 unspecified atom stereocenters. The molecule has 2 aliphatic heterocycles. The summed E-state index contributed by atoms with van der Waals surface area (Å²) in [7, 11) is 0. The maximum atomic E-state index is 13.2. The molecule has 0 bridgehead atoms. The smallest absolute Gasteiger partial charge is 0.262 e. The van der Waals surface area contributed by atoms with Gasteiger partial charge in [-0.3, -0.25) is 29.0 Å². The first kappa shape index (κ1) is 21.2. The van der Waals surface area contributed by atoms with Crippen LogP contribution in [0, 0.1) is 11.8 Å². The molecule has 0 fully saturated rings. The van der Waals surface area contributed by atoms with Crippen molar-refractivity contribution in [2.24, 2.45) is 11.8 Å². The minimum atomic E-state index is -0.419. The summed E-state index contributed by atoms with van der Waals surface area (Å²) in [5.41, 5.74) is 1.26. The molecule has 156 valence electrons. The van der Waals surface area contributed by atoms with Crippen LogP contribution in [-0.4, -0.2) is 46.5 Å². The zero-order chi connectivity index (χ0) is 22.1. The van der Waals surface area contributed by atoms with Gasteiger partial charge in [0.15, 0.2) is 0 Å². The maximum absolute atomic E-state index is 13.2. The summed E-state index contributed by atoms with van der Waals surface area (Å²) in [4.78, 5) is 55.4. The lowest BCUT2D eigenvalue weighted by Crippen LogP contribution is -2.45. The molecule has 2 aromatic rings. The number of nitrogens with zero attached hydrogens (tertiary/aromatic N) is 2. The van der Waals surface area contributed by atoms with Crippen molar-refractivity contribution < 1.29 is 19.2 Å². The minimum Gasteiger partial charge on any atom is -0.274 e. The minimum absolute atomic E-state index is 0.0994. The van der Waals surface area contributed by atoms with Crippen molar-refractivity contribution in [1.29, 1.82) is 0 Å². The normalized spacial score (nSPS) is 16.0. The third kappa shape index (κ3) is 2.95. The van der Waals surface area contributed by atoms with Gasteiger partial charge >= 0.3 is 0 Å². The second-order valence-electron chi connectivity index (χ2n) is 8.54. The Balaban J connectivity index is 2.07. The van der Waals surface area contributed by atoms with E-state index in [0.29, 0.717) is 42.0 Å². The molecule has 4 rings (SSSR count). The predicted molar refractivity (Wildman–Crippen MR) is 120 cm³/mol. The number of hydrogen-bond donors (Lipinski definition) is 0. The van der Waals surface area contributed by atoms with Crippen molar-refractivity contribution in [3.8, 4) is 0 Å². The molecular formula is C22H20Br2N2O4. The Hall–Kier alpha value is -2.06. The molecule has 0 aromatic heterocycles. The van der Waals surface area contributed by atoms with Crippen LogP contribution in [0.1, 0.15) is 69.1 Å². The highest BCUT2D eigenvalue weighted by molar-refractivity contribution is 9.10. The molecular weight excluding hydrogens is 516 g/mol. The van der Waals surface area contributed by atoms with Gasteiger partial charge in [-0.25, -0.2) is 0 Å². The van der Waals surface area contributed by atoms with Crippen molar-refractivity contribution in [2.45, 2.75) is 27.7 Å². The summed E-state index contributed by atoms with van der Waals surface area (Å²) in [6, 6.07) is 3.20. The Morgan fingerprint density at radius 1 is 0.667 bits per heavy atom. The summed E-state index contributed by atoms with van der Waals surface area (Å²) in [5, 5.41) is 0.747. The molecule has 4 amide bonds. The number of carbonyl (C=O) groups is 4. The molecule has 2 aliphatic rings. The molecule has 0 N–H and O–H groups in total. The van der Waals surface area contributed by atoms with Gasteiger partial charge in [0, 0.05) is 43.9 Å². The summed E-state index contributed by atoms with van der Waals surface area (Å²) < 4.78 is 0.885. The van der Waals surface area contributed by atoms with E-state index in [0.717, 1.165) is 0 Å². The topological polar surface area (TPSA) is 74.8 Å². The summed E-state index contributed by atoms with van der Waals surface area (Å²) in [6.45, 7) is 8.30. The average Bonchev–Trinajstić information content (AvgIpc) is 2.65. The van der Waals surface area contributed by atoms with Crippen LogP contribution >= 0.6 is 31.9 Å². The molecule has 30 heavy (non-hydrogen) atoms. The Labute approximate surface area is 190 Å². The first-order chi connectivity index (χ1) is 14.0. The van der Waals surface area contributed by atoms with E-state index in [9.17, 15) is 19.2 Å². The van der Waals surface area contributed by atoms with Crippen molar-refractivity contribution in [3.05, 3.63) is 43.3 Å². The van der Waals surface area contributed by atoms with Crippen LogP contribution in [0.15, 0.2) is 21.1 Å². The van der Waals surface area contributed by atoms with Crippen molar-refractivity contribution in [2.75, 3.05) is 13.1 Å². The third-order valence-electron chi connectivity index (χ3n) is 5.27. The van der Waals surface area contributed by atoms with Gasteiger partial charge in [0.05, 0.1) is 11.1 Å². The second-order valence-corrected chi connectivity index (χ2v) is 10.3. The van der Waals surface area contributed by atoms with Gasteiger partial charge in [-0.05, 0) is 55.8 Å². The lowest BCUT2D eigenvalue weighted by molar-refractivity contribution is 0.0570. The van der Waals surface area contributed by atoms with E-state index in [2.05, 4.69) is 31.9 Å². The summed E-state index contributed by atoms with van der Waals surface area (Å²) in [6.07, 6.45) is 0. The van der Waals surface area contributed by atoms with Crippen LogP contribution in [0.25, 0.3) is 10.8 Å². The number of amides is 4. The number of hydrogen-bond acceptors (Lipinski definition) is 4. The first-order valence-electron chi connectivity index (χ1n) is 9.75. The van der Waals surface area contributed by atoms with Crippen molar-refractivity contribution in [1.82, 2.24) is 9.80 Å². The van der Waals surface area contributed by atoms with Crippen LogP contribution in [0.4, 0.5) is 0 Å². The van der Waals surface area contributed by atoms with Gasteiger partial charge in [0.1, 0.15) is 0 Å². The lowest BCUT2D eigenvalue weighted by Gasteiger charge is -2.34. The highest BCUT2D eigenvalue weighted by atomic mass is 79.9. The van der Waals surface area contributed by atoms with Crippen molar-refractivity contribution in [3.63, 3.8) is 0 Å². The number of carbonyl (C=O) groups excluding carboxylic acids is 4. The van der Waals surface area contributed by atoms with Crippen LogP contribution in [0.2, 0.25) is 0 Å². The maximum Gasteiger partial charge on any atom is 0.262 e. The predicted octanol–water partition coefficient (Wildman–Crippen LogP) is 4.87. The SMILES string of the molecule is CC(C)CN1C(=O)c2cc(Br)c3c4c(cc(Br)c(c24)C1=O)C(=O)N(CC(C)C)C3=O. The van der Waals surface area contributed by atoms with E-state index in [-0.39, 0.29) is 24.9 Å². The zero-order valence-electron chi connectivity index (χ0n) is 17.0. The van der Waals surface area contributed by atoms with E-state index < -0.39 is 23.6 Å². The largest absolute Gasteiger partial charge is 0.274 e. The molecule has 0 saturated heterocycles. The van der Waals surface area contributed by atoms with E-state index >= 15 is 0 Å². The number of halogens is 2. The Morgan fingerprint density at radius 3 is 1.30 bits per heavy atom. The molecule has 2 aromatic carbocycles. The molecule has 0 saturated carbocycles. The zero-order valence-corrected chi connectivity index (χ0v) is 20.2. The summed E-state index contributed by atoms with van der Waals surface area (Å²) in [5.74, 6) is -1.47. The van der Waals surface area contributed by atoms with Crippen LogP contribution in [0.3, 0.4) is 0 Å². The standard InChI is InChI=1S/C22H20Br2N2O4/c1-9(2)7-25-19(27)11-5-14(24)18-16-12(6-13(23)17(15(11)16)21(25)29)20(28)26(22(18)30)8-10(3)4/h5-6,9-10H,7-8H2,1-4H3. The Bertz CT molecular complexity index is 1080. The van der Waals surface area contributed by atoms with Crippen LogP contribution in [-0.2, 0) is 0 Å². The highest BCUT2D eigenvalue weighted by Gasteiger charge is 2.42. The lowest BCUT2D eigenvalue weighted by atomic mass is 9.85. The fourth-order valence-corrected chi connectivity index (χ4v) is 5.33. The van der Waals surface area contributed by atoms with Gasteiger partial charge < -0.3 is 0 Å². The van der Waals surface area contributed by atoms with Gasteiger partial charge in [0.2, 0.25) is 0 Å². The first-order valence-corrected chi connectivity index (χ1v) is 11.3. The Kier molecular flexibility index (Phi) is 5.13. The molecule has 0 radical (unpaired) electrons. The van der Waals surface area contributed by atoms with Gasteiger partial charge in [0.25, 0.3) is 23.6 Å². The van der Waals surface area contributed by atoms with E-state index in [1.807, 2.05) is 27.7 Å². The van der Waals surface area contributed by atoms with Crippen molar-refractivity contribution >= 4 is 66.3 Å². The number of benzene rings is 2. The molecule has 8 heteroatoms. The van der Waals surface area contributed by atoms with E-state index in [1.54, 1.807) is 12.1 Å². The van der Waals surface area contributed by atoms with Gasteiger partial charge in [-0.15, -0.1) is 0 Å². The fourth-order valence-electron chi connectivity index (χ4n) is 4.13. The van der Waals surface area contributed by atoms with E-state index in [1.165, 1.54) is 9.80 Å². The Morgan fingerprint density at radius 2 is 1.00 bits per heavy atom. The second kappa shape index (κ2) is 7.27. The molecule has 6 nitrogen and oxygen atoms in total. The molecule has 0 aliphatic carbocycles. The average molecular weight is 536 g/mol. The molecule has 0 atom stereocenters. The molecule has 0 spiro atoms. The fraction of sp³-hybridized carbons (Fsp3) is 0.364. The summed E-state index contributed by atoms with van der Waals surface area (Å²) >= 11 is 6.89. The quantitative estimate of drug-likeness (QED) is 0.523. The number of rotatable bonds is 4. The third-order valence-corrected chi connectivity index (χ3v) is 6.52. The van der Waals surface area contributed by atoms with E-state index in [4.69, 9.17) is 0 Å². The number of imide groups is 2. The van der Waals surface area contributed by atoms with Gasteiger partial charge in [-0.1, -0.05) is 27.7 Å². The van der Waals surface area contributed by atoms with Crippen LogP contribution < -0.4 is 0 Å².